The zero-order valence-electron chi connectivity index (χ0n) is 13.7. The lowest BCUT2D eigenvalue weighted by atomic mass is 9.85. The van der Waals surface area contributed by atoms with Crippen molar-refractivity contribution in [2.24, 2.45) is 11.8 Å². The summed E-state index contributed by atoms with van der Waals surface area (Å²) in [5.41, 5.74) is 0.0109. The molecule has 0 aromatic carbocycles. The minimum atomic E-state index is 0.0109. The van der Waals surface area contributed by atoms with Gasteiger partial charge in [0.2, 0.25) is 0 Å². The first-order valence-corrected chi connectivity index (χ1v) is 8.71. The Labute approximate surface area is 125 Å². The third-order valence-electron chi connectivity index (χ3n) is 5.45. The van der Waals surface area contributed by atoms with E-state index in [1.807, 2.05) is 0 Å². The van der Waals surface area contributed by atoms with E-state index in [-0.39, 0.29) is 5.54 Å². The van der Waals surface area contributed by atoms with Crippen LogP contribution in [0.4, 0.5) is 0 Å². The lowest BCUT2D eigenvalue weighted by Gasteiger charge is -2.36. The van der Waals surface area contributed by atoms with Gasteiger partial charge in [-0.1, -0.05) is 13.3 Å². The van der Waals surface area contributed by atoms with Crippen molar-refractivity contribution in [1.82, 2.24) is 10.2 Å². The van der Waals surface area contributed by atoms with Crippen LogP contribution in [0, 0.1) is 11.8 Å². The fourth-order valence-electron chi connectivity index (χ4n) is 3.93. The van der Waals surface area contributed by atoms with Crippen molar-refractivity contribution in [2.45, 2.75) is 70.9 Å². The Morgan fingerprint density at radius 1 is 1.30 bits per heavy atom. The summed E-state index contributed by atoms with van der Waals surface area (Å²) in [6.07, 6.45) is 7.80. The maximum absolute atomic E-state index is 9.87. The summed E-state index contributed by atoms with van der Waals surface area (Å²) < 4.78 is 0. The fourth-order valence-corrected chi connectivity index (χ4v) is 3.93. The summed E-state index contributed by atoms with van der Waals surface area (Å²) in [7, 11) is 0. The van der Waals surface area contributed by atoms with Crippen LogP contribution in [0.25, 0.3) is 0 Å². The van der Waals surface area contributed by atoms with Gasteiger partial charge in [-0.15, -0.1) is 0 Å². The van der Waals surface area contributed by atoms with E-state index in [1.165, 1.54) is 45.2 Å². The first kappa shape index (κ1) is 16.3. The van der Waals surface area contributed by atoms with Crippen LogP contribution in [0.1, 0.15) is 59.3 Å². The zero-order valence-corrected chi connectivity index (χ0v) is 13.7. The molecule has 0 bridgehead atoms. The molecule has 0 aliphatic heterocycles. The predicted octanol–water partition coefficient (Wildman–Crippen LogP) is 2.64. The summed E-state index contributed by atoms with van der Waals surface area (Å²) in [5.74, 6) is 1.62. The standard InChI is InChI=1S/C17H34N2O/c1-4-18-17(13-20)10-5-6-16(17)9-11-19(14(2)3)12-15-7-8-15/h14-16,18,20H,4-13H2,1-3H3. The lowest BCUT2D eigenvalue weighted by molar-refractivity contribution is 0.107. The van der Waals surface area contributed by atoms with Crippen molar-refractivity contribution in [1.29, 1.82) is 0 Å². The van der Waals surface area contributed by atoms with Crippen LogP contribution >= 0.6 is 0 Å². The number of aliphatic hydroxyl groups excluding tert-OH is 1. The lowest BCUT2D eigenvalue weighted by Crippen LogP contribution is -2.52. The number of rotatable bonds is 9. The number of aliphatic hydroxyl groups is 1. The van der Waals surface area contributed by atoms with Crippen LogP contribution in [0.2, 0.25) is 0 Å². The van der Waals surface area contributed by atoms with Crippen molar-refractivity contribution in [3.63, 3.8) is 0 Å². The molecule has 2 rings (SSSR count). The van der Waals surface area contributed by atoms with E-state index in [4.69, 9.17) is 0 Å². The molecule has 0 radical (unpaired) electrons. The van der Waals surface area contributed by atoms with Gasteiger partial charge in [-0.2, -0.15) is 0 Å². The molecule has 2 aliphatic carbocycles. The molecule has 0 saturated heterocycles. The monoisotopic (exact) mass is 282 g/mol. The van der Waals surface area contributed by atoms with Crippen LogP contribution < -0.4 is 5.32 Å². The van der Waals surface area contributed by atoms with Gasteiger partial charge in [0.05, 0.1) is 6.61 Å². The molecule has 2 saturated carbocycles. The highest BCUT2D eigenvalue weighted by molar-refractivity contribution is 4.99. The predicted molar refractivity (Wildman–Crippen MR) is 84.9 cm³/mol. The molecular formula is C17H34N2O. The minimum absolute atomic E-state index is 0.0109. The molecule has 0 spiro atoms. The van der Waals surface area contributed by atoms with Gasteiger partial charge in [-0.05, 0) is 70.9 Å². The second kappa shape index (κ2) is 7.24. The maximum Gasteiger partial charge on any atom is 0.0616 e. The number of hydrogen-bond acceptors (Lipinski definition) is 3. The molecule has 118 valence electrons. The van der Waals surface area contributed by atoms with Gasteiger partial charge in [-0.25, -0.2) is 0 Å². The van der Waals surface area contributed by atoms with Crippen molar-refractivity contribution in [3.8, 4) is 0 Å². The second-order valence-electron chi connectivity index (χ2n) is 7.25. The van der Waals surface area contributed by atoms with E-state index < -0.39 is 0 Å². The highest BCUT2D eigenvalue weighted by atomic mass is 16.3. The summed E-state index contributed by atoms with van der Waals surface area (Å²) in [6, 6.07) is 0.652. The minimum Gasteiger partial charge on any atom is -0.394 e. The van der Waals surface area contributed by atoms with Crippen molar-refractivity contribution in [3.05, 3.63) is 0 Å². The molecule has 3 nitrogen and oxygen atoms in total. The van der Waals surface area contributed by atoms with E-state index in [0.29, 0.717) is 18.6 Å². The molecule has 0 aromatic heterocycles. The SMILES string of the molecule is CCNC1(CO)CCCC1CCN(CC1CC1)C(C)C. The Morgan fingerprint density at radius 2 is 2.05 bits per heavy atom. The molecule has 0 aromatic rings. The maximum atomic E-state index is 9.87. The van der Waals surface area contributed by atoms with Gasteiger partial charge in [0, 0.05) is 18.1 Å². The van der Waals surface area contributed by atoms with E-state index in [2.05, 4.69) is 31.0 Å². The smallest absolute Gasteiger partial charge is 0.0616 e. The summed E-state index contributed by atoms with van der Waals surface area (Å²) in [6.45, 7) is 10.5. The third-order valence-corrected chi connectivity index (χ3v) is 5.45. The molecule has 20 heavy (non-hydrogen) atoms. The third kappa shape index (κ3) is 3.96. The van der Waals surface area contributed by atoms with Gasteiger partial charge >= 0.3 is 0 Å². The number of nitrogens with one attached hydrogen (secondary N) is 1. The van der Waals surface area contributed by atoms with Crippen LogP contribution in [-0.4, -0.2) is 47.8 Å². The molecule has 2 fully saturated rings. The quantitative estimate of drug-likeness (QED) is 0.682. The number of nitrogens with zero attached hydrogens (tertiary/aromatic N) is 1. The highest BCUT2D eigenvalue weighted by Gasteiger charge is 2.41. The first-order chi connectivity index (χ1) is 9.61. The molecule has 2 aliphatic rings. The largest absolute Gasteiger partial charge is 0.394 e. The van der Waals surface area contributed by atoms with Gasteiger partial charge in [0.1, 0.15) is 0 Å². The summed E-state index contributed by atoms with van der Waals surface area (Å²) >= 11 is 0. The Kier molecular flexibility index (Phi) is 5.88. The Balaban J connectivity index is 1.86. The van der Waals surface area contributed by atoms with Crippen molar-refractivity contribution in [2.75, 3.05) is 26.2 Å². The average Bonchev–Trinajstić information content (AvgIpc) is 3.16. The fraction of sp³-hybridized carbons (Fsp3) is 1.00. The Morgan fingerprint density at radius 3 is 2.60 bits per heavy atom. The van der Waals surface area contributed by atoms with Crippen LogP contribution in [0.3, 0.4) is 0 Å². The van der Waals surface area contributed by atoms with E-state index >= 15 is 0 Å². The van der Waals surface area contributed by atoms with E-state index in [0.717, 1.165) is 18.9 Å². The molecule has 2 N–H and O–H groups in total. The molecule has 0 heterocycles. The zero-order chi connectivity index (χ0) is 14.6. The van der Waals surface area contributed by atoms with Crippen LogP contribution in [0.5, 0.6) is 0 Å². The molecular weight excluding hydrogens is 248 g/mol. The highest BCUT2D eigenvalue weighted by Crippen LogP contribution is 2.38. The topological polar surface area (TPSA) is 35.5 Å². The second-order valence-corrected chi connectivity index (χ2v) is 7.25. The van der Waals surface area contributed by atoms with Gasteiger partial charge in [0.25, 0.3) is 0 Å². The molecule has 0 amide bonds. The molecule has 3 heteroatoms. The number of hydrogen-bond donors (Lipinski definition) is 2. The summed E-state index contributed by atoms with van der Waals surface area (Å²) in [4.78, 5) is 2.66. The van der Waals surface area contributed by atoms with Gasteiger partial charge in [-0.3, -0.25) is 0 Å². The van der Waals surface area contributed by atoms with Crippen molar-refractivity contribution >= 4 is 0 Å². The summed E-state index contributed by atoms with van der Waals surface area (Å²) in [5, 5.41) is 13.5. The number of likely N-dealkylation sites (N-methyl/N-ethyl adjacent to an activating group) is 1. The first-order valence-electron chi connectivity index (χ1n) is 8.71. The molecule has 2 atom stereocenters. The van der Waals surface area contributed by atoms with Crippen LogP contribution in [-0.2, 0) is 0 Å². The average molecular weight is 282 g/mol. The Hall–Kier alpha value is -0.120. The normalized spacial score (nSPS) is 30.6. The Bertz CT molecular complexity index is 291. The van der Waals surface area contributed by atoms with E-state index in [9.17, 15) is 5.11 Å². The van der Waals surface area contributed by atoms with Gasteiger partial charge in [0.15, 0.2) is 0 Å². The van der Waals surface area contributed by atoms with Crippen molar-refractivity contribution < 1.29 is 5.11 Å². The van der Waals surface area contributed by atoms with E-state index in [1.54, 1.807) is 0 Å². The molecule has 2 unspecified atom stereocenters. The van der Waals surface area contributed by atoms with Crippen LogP contribution in [0.15, 0.2) is 0 Å². The van der Waals surface area contributed by atoms with Gasteiger partial charge < -0.3 is 15.3 Å².